The monoisotopic (exact) mass is 270 g/mol. The third-order valence-electron chi connectivity index (χ3n) is 4.32. The van der Waals surface area contributed by atoms with Crippen molar-refractivity contribution in [2.45, 2.75) is 51.5 Å². The van der Waals surface area contributed by atoms with Crippen molar-refractivity contribution in [3.8, 4) is 0 Å². The Hall–Kier alpha value is -1.77. The fourth-order valence-corrected chi connectivity index (χ4v) is 3.26. The van der Waals surface area contributed by atoms with Gasteiger partial charge in [0.1, 0.15) is 0 Å². The van der Waals surface area contributed by atoms with Crippen LogP contribution in [0.15, 0.2) is 36.0 Å². The summed E-state index contributed by atoms with van der Waals surface area (Å²) in [5.41, 5.74) is 3.70. The second-order valence-corrected chi connectivity index (χ2v) is 5.86. The van der Waals surface area contributed by atoms with Crippen LogP contribution in [0, 0.1) is 0 Å². The molecule has 1 aromatic rings. The van der Waals surface area contributed by atoms with Crippen LogP contribution in [0.4, 0.5) is 10.5 Å². The number of anilines is 1. The minimum atomic E-state index is 0.000485. The summed E-state index contributed by atoms with van der Waals surface area (Å²) in [4.78, 5) is 14.3. The molecule has 2 amide bonds. The van der Waals surface area contributed by atoms with Crippen LogP contribution in [0.25, 0.3) is 0 Å². The molecule has 0 radical (unpaired) electrons. The second-order valence-electron chi connectivity index (χ2n) is 5.86. The maximum absolute atomic E-state index is 12.4. The lowest BCUT2D eigenvalue weighted by Gasteiger charge is -2.23. The first kappa shape index (κ1) is 13.2. The summed E-state index contributed by atoms with van der Waals surface area (Å²) < 4.78 is 0. The number of para-hydroxylation sites is 1. The van der Waals surface area contributed by atoms with Gasteiger partial charge in [-0.25, -0.2) is 4.79 Å². The Morgan fingerprint density at radius 3 is 2.80 bits per heavy atom. The summed E-state index contributed by atoms with van der Waals surface area (Å²) in [5, 5.41) is 2.99. The highest BCUT2D eigenvalue weighted by molar-refractivity contribution is 5.95. The predicted molar refractivity (Wildman–Crippen MR) is 81.8 cm³/mol. The summed E-state index contributed by atoms with van der Waals surface area (Å²) in [6, 6.07) is 8.41. The highest BCUT2D eigenvalue weighted by atomic mass is 16.2. The minimum Gasteiger partial charge on any atom is -0.314 e. The molecule has 3 rings (SSSR count). The molecule has 1 heterocycles. The van der Waals surface area contributed by atoms with E-state index in [0.29, 0.717) is 0 Å². The van der Waals surface area contributed by atoms with E-state index < -0.39 is 0 Å². The molecule has 1 saturated carbocycles. The van der Waals surface area contributed by atoms with Crippen molar-refractivity contribution < 1.29 is 4.79 Å². The lowest BCUT2D eigenvalue weighted by Crippen LogP contribution is -2.41. The molecule has 3 heteroatoms. The van der Waals surface area contributed by atoms with E-state index in [1.165, 1.54) is 30.4 Å². The van der Waals surface area contributed by atoms with Gasteiger partial charge in [0.05, 0.1) is 0 Å². The number of carbonyl (C=O) groups is 1. The first-order chi connectivity index (χ1) is 9.75. The van der Waals surface area contributed by atoms with E-state index in [-0.39, 0.29) is 12.1 Å². The van der Waals surface area contributed by atoms with Gasteiger partial charge in [-0.15, -0.1) is 0 Å². The number of amides is 2. The Bertz CT molecular complexity index is 528. The number of benzene rings is 1. The summed E-state index contributed by atoms with van der Waals surface area (Å²) in [7, 11) is 0. The Balaban J connectivity index is 1.71. The SMILES string of the molecule is CC1Cc2ccccc2N1C(=O)NC=C1CCCCC1. The molecule has 1 atom stereocenters. The van der Waals surface area contributed by atoms with Gasteiger partial charge in [-0.1, -0.05) is 30.2 Å². The van der Waals surface area contributed by atoms with Crippen LogP contribution in [0.2, 0.25) is 0 Å². The molecule has 1 N–H and O–H groups in total. The van der Waals surface area contributed by atoms with Gasteiger partial charge in [0.25, 0.3) is 0 Å². The highest BCUT2D eigenvalue weighted by Gasteiger charge is 2.30. The zero-order valence-corrected chi connectivity index (χ0v) is 12.1. The van der Waals surface area contributed by atoms with Crippen molar-refractivity contribution in [2.24, 2.45) is 0 Å². The Morgan fingerprint density at radius 2 is 2.00 bits per heavy atom. The lowest BCUT2D eigenvalue weighted by molar-refractivity contribution is 0.248. The third kappa shape index (κ3) is 2.58. The first-order valence-electron chi connectivity index (χ1n) is 7.61. The summed E-state index contributed by atoms with van der Waals surface area (Å²) in [5.74, 6) is 0. The van der Waals surface area contributed by atoms with Crippen LogP contribution < -0.4 is 10.2 Å². The average Bonchev–Trinajstić information content (AvgIpc) is 2.82. The zero-order chi connectivity index (χ0) is 13.9. The number of nitrogens with zero attached hydrogens (tertiary/aromatic N) is 1. The molecule has 1 aliphatic carbocycles. The molecule has 2 aliphatic rings. The predicted octanol–water partition coefficient (Wildman–Crippen LogP) is 4.00. The van der Waals surface area contributed by atoms with Crippen molar-refractivity contribution >= 4 is 11.7 Å². The van der Waals surface area contributed by atoms with Crippen LogP contribution >= 0.6 is 0 Å². The second kappa shape index (κ2) is 5.70. The molecule has 20 heavy (non-hydrogen) atoms. The van der Waals surface area contributed by atoms with Crippen LogP contribution in [-0.2, 0) is 6.42 Å². The van der Waals surface area contributed by atoms with Crippen LogP contribution in [-0.4, -0.2) is 12.1 Å². The van der Waals surface area contributed by atoms with E-state index in [0.717, 1.165) is 24.9 Å². The van der Waals surface area contributed by atoms with Gasteiger partial charge in [0.15, 0.2) is 0 Å². The smallest absolute Gasteiger partial charge is 0.314 e. The number of fused-ring (bicyclic) bond motifs is 1. The van der Waals surface area contributed by atoms with E-state index in [1.807, 2.05) is 29.3 Å². The van der Waals surface area contributed by atoms with Gasteiger partial charge >= 0.3 is 6.03 Å². The number of hydrogen-bond acceptors (Lipinski definition) is 1. The molecule has 1 aromatic carbocycles. The molecule has 1 fully saturated rings. The van der Waals surface area contributed by atoms with E-state index in [9.17, 15) is 4.79 Å². The standard InChI is InChI=1S/C17H22N2O/c1-13-11-15-9-5-6-10-16(15)19(13)17(20)18-12-14-7-3-2-4-8-14/h5-6,9-10,12-13H,2-4,7-8,11H2,1H3,(H,18,20). The van der Waals surface area contributed by atoms with Crippen molar-refractivity contribution in [2.75, 3.05) is 4.90 Å². The summed E-state index contributed by atoms with van der Waals surface area (Å²) in [6.45, 7) is 2.10. The molecule has 106 valence electrons. The average molecular weight is 270 g/mol. The van der Waals surface area contributed by atoms with Gasteiger partial charge in [0, 0.05) is 17.9 Å². The first-order valence-corrected chi connectivity index (χ1v) is 7.61. The fraction of sp³-hybridized carbons (Fsp3) is 0.471. The molecule has 0 aromatic heterocycles. The van der Waals surface area contributed by atoms with Crippen LogP contribution in [0.3, 0.4) is 0 Å². The molecule has 1 unspecified atom stereocenters. The van der Waals surface area contributed by atoms with Crippen molar-refractivity contribution in [3.05, 3.63) is 41.6 Å². The molecule has 0 spiro atoms. The number of carbonyl (C=O) groups excluding carboxylic acids is 1. The zero-order valence-electron chi connectivity index (χ0n) is 12.1. The molecule has 0 saturated heterocycles. The molecule has 3 nitrogen and oxygen atoms in total. The van der Waals surface area contributed by atoms with Crippen molar-refractivity contribution in [1.82, 2.24) is 5.32 Å². The maximum atomic E-state index is 12.4. The maximum Gasteiger partial charge on any atom is 0.326 e. The van der Waals surface area contributed by atoms with Gasteiger partial charge in [-0.3, -0.25) is 4.90 Å². The van der Waals surface area contributed by atoms with Gasteiger partial charge in [-0.2, -0.15) is 0 Å². The summed E-state index contributed by atoms with van der Waals surface area (Å²) in [6.07, 6.45) is 8.98. The van der Waals surface area contributed by atoms with E-state index in [1.54, 1.807) is 0 Å². The van der Waals surface area contributed by atoms with Crippen molar-refractivity contribution in [1.29, 1.82) is 0 Å². The molecule has 1 aliphatic heterocycles. The highest BCUT2D eigenvalue weighted by Crippen LogP contribution is 2.31. The van der Waals surface area contributed by atoms with Crippen molar-refractivity contribution in [3.63, 3.8) is 0 Å². The Kier molecular flexibility index (Phi) is 3.77. The number of urea groups is 1. The lowest BCUT2D eigenvalue weighted by atomic mass is 9.96. The van der Waals surface area contributed by atoms with E-state index >= 15 is 0 Å². The van der Waals surface area contributed by atoms with E-state index in [2.05, 4.69) is 18.3 Å². The Morgan fingerprint density at radius 1 is 1.25 bits per heavy atom. The molecular weight excluding hydrogens is 248 g/mol. The minimum absolute atomic E-state index is 0.000485. The number of rotatable bonds is 1. The quantitative estimate of drug-likeness (QED) is 0.822. The number of nitrogens with one attached hydrogen (secondary N) is 1. The molecular formula is C17H22N2O. The van der Waals surface area contributed by atoms with Gasteiger partial charge in [0.2, 0.25) is 0 Å². The van der Waals surface area contributed by atoms with Gasteiger partial charge in [-0.05, 0) is 50.7 Å². The topological polar surface area (TPSA) is 32.3 Å². The van der Waals surface area contributed by atoms with Crippen LogP contribution in [0.5, 0.6) is 0 Å². The van der Waals surface area contributed by atoms with Gasteiger partial charge < -0.3 is 5.32 Å². The number of allylic oxidation sites excluding steroid dienone is 1. The summed E-state index contributed by atoms with van der Waals surface area (Å²) >= 11 is 0. The van der Waals surface area contributed by atoms with Crippen LogP contribution in [0.1, 0.15) is 44.6 Å². The Labute approximate surface area is 120 Å². The third-order valence-corrected chi connectivity index (χ3v) is 4.32. The molecule has 0 bridgehead atoms. The van der Waals surface area contributed by atoms with E-state index in [4.69, 9.17) is 0 Å². The normalized spacial score (nSPS) is 21.6. The largest absolute Gasteiger partial charge is 0.326 e. The number of hydrogen-bond donors (Lipinski definition) is 1. The fourth-order valence-electron chi connectivity index (χ4n) is 3.26.